The number of aryl methyl sites for hydroxylation is 1. The molecule has 2 rings (SSSR count). The van der Waals surface area contributed by atoms with Crippen molar-refractivity contribution in [3.8, 4) is 0 Å². The Kier molecular flexibility index (Phi) is 5.32. The predicted molar refractivity (Wildman–Crippen MR) is 93.1 cm³/mol. The van der Waals surface area contributed by atoms with E-state index in [-0.39, 0.29) is 23.6 Å². The van der Waals surface area contributed by atoms with Crippen molar-refractivity contribution in [2.75, 3.05) is 6.61 Å². The van der Waals surface area contributed by atoms with Gasteiger partial charge in [-0.25, -0.2) is 4.79 Å². The fraction of sp³-hybridized carbons (Fsp3) is 0.263. The summed E-state index contributed by atoms with van der Waals surface area (Å²) in [5.41, 5.74) is 4.65. The number of carbonyl (C=O) groups is 2. The molecule has 6 heteroatoms. The Morgan fingerprint density at radius 2 is 1.60 bits per heavy atom. The summed E-state index contributed by atoms with van der Waals surface area (Å²) < 4.78 is 5.05. The van der Waals surface area contributed by atoms with Crippen molar-refractivity contribution < 1.29 is 19.2 Å². The van der Waals surface area contributed by atoms with Gasteiger partial charge >= 0.3 is 5.97 Å². The molecule has 0 amide bonds. The van der Waals surface area contributed by atoms with Crippen molar-refractivity contribution >= 4 is 17.4 Å². The minimum Gasteiger partial charge on any atom is -0.454 e. The fourth-order valence-electron chi connectivity index (χ4n) is 2.51. The number of ketones is 1. The zero-order valence-corrected chi connectivity index (χ0v) is 14.6. The predicted octanol–water partition coefficient (Wildman–Crippen LogP) is 3.87. The zero-order chi connectivity index (χ0) is 18.7. The molecular weight excluding hydrogens is 322 g/mol. The highest BCUT2D eigenvalue weighted by Gasteiger charge is 2.17. The molecule has 0 spiro atoms. The second-order valence-electron chi connectivity index (χ2n) is 5.92. The maximum Gasteiger partial charge on any atom is 0.338 e. The monoisotopic (exact) mass is 341 g/mol. The Bertz CT molecular complexity index is 853. The molecule has 0 aromatic heterocycles. The fourth-order valence-corrected chi connectivity index (χ4v) is 2.51. The minimum atomic E-state index is -0.693. The molecule has 6 nitrogen and oxygen atoms in total. The Morgan fingerprint density at radius 3 is 2.16 bits per heavy atom. The molecule has 2 aromatic rings. The zero-order valence-electron chi connectivity index (χ0n) is 14.6. The van der Waals surface area contributed by atoms with E-state index in [4.69, 9.17) is 4.74 Å². The normalized spacial score (nSPS) is 10.4. The lowest BCUT2D eigenvalue weighted by atomic mass is 9.93. The van der Waals surface area contributed by atoms with Crippen LogP contribution >= 0.6 is 0 Å². The molecule has 0 fully saturated rings. The van der Waals surface area contributed by atoms with Gasteiger partial charge in [-0.15, -0.1) is 0 Å². The molecule has 0 saturated heterocycles. The number of hydrogen-bond acceptors (Lipinski definition) is 5. The lowest BCUT2D eigenvalue weighted by Gasteiger charge is -2.13. The van der Waals surface area contributed by atoms with Crippen LogP contribution in [0.4, 0.5) is 5.69 Å². The average molecular weight is 341 g/mol. The van der Waals surface area contributed by atoms with E-state index in [9.17, 15) is 19.7 Å². The number of nitro benzene ring substituents is 1. The molecular formula is C19H19NO5. The average Bonchev–Trinajstić information content (AvgIpc) is 2.60. The summed E-state index contributed by atoms with van der Waals surface area (Å²) in [6, 6.07) is 6.84. The first-order valence-corrected chi connectivity index (χ1v) is 7.74. The van der Waals surface area contributed by atoms with Crippen LogP contribution in [-0.4, -0.2) is 23.3 Å². The first-order chi connectivity index (χ1) is 11.7. The van der Waals surface area contributed by atoms with Gasteiger partial charge in [0.1, 0.15) is 0 Å². The molecule has 0 radical (unpaired) electrons. The van der Waals surface area contributed by atoms with Crippen LogP contribution in [0.1, 0.15) is 43.0 Å². The molecule has 0 aliphatic rings. The van der Waals surface area contributed by atoms with E-state index < -0.39 is 10.9 Å². The van der Waals surface area contributed by atoms with Gasteiger partial charge in [0.05, 0.1) is 10.5 Å². The molecule has 0 heterocycles. The molecule has 0 saturated carbocycles. The van der Waals surface area contributed by atoms with Crippen LogP contribution in [0.3, 0.4) is 0 Å². The van der Waals surface area contributed by atoms with Crippen molar-refractivity contribution in [1.29, 1.82) is 0 Å². The first-order valence-electron chi connectivity index (χ1n) is 7.74. The van der Waals surface area contributed by atoms with Gasteiger partial charge in [0.25, 0.3) is 5.69 Å². The molecule has 0 bridgehead atoms. The third-order valence-electron chi connectivity index (χ3n) is 4.43. The number of carbonyl (C=O) groups excluding carboxylic acids is 2. The summed E-state index contributed by atoms with van der Waals surface area (Å²) in [5, 5.41) is 10.6. The van der Waals surface area contributed by atoms with E-state index in [1.165, 1.54) is 24.3 Å². The van der Waals surface area contributed by atoms with Crippen LogP contribution in [0, 0.1) is 37.8 Å². The maximum absolute atomic E-state index is 12.4. The number of nitrogens with zero attached hydrogens (tertiary/aromatic N) is 1. The second kappa shape index (κ2) is 7.25. The quantitative estimate of drug-likeness (QED) is 0.357. The standard InChI is InChI=1S/C19H19NO5/c1-11-9-17(14(4)13(3)12(11)2)18(21)10-25-19(22)15-5-7-16(8-6-15)20(23)24/h5-9H,10H2,1-4H3. The molecule has 0 atom stereocenters. The van der Waals surface area contributed by atoms with Crippen molar-refractivity contribution in [1.82, 2.24) is 0 Å². The van der Waals surface area contributed by atoms with E-state index in [1.54, 1.807) is 6.07 Å². The van der Waals surface area contributed by atoms with Gasteiger partial charge in [-0.2, -0.15) is 0 Å². The Balaban J connectivity index is 2.09. The highest BCUT2D eigenvalue weighted by atomic mass is 16.6. The van der Waals surface area contributed by atoms with Gasteiger partial charge in [-0.1, -0.05) is 0 Å². The van der Waals surface area contributed by atoms with Gasteiger partial charge < -0.3 is 4.74 Å². The van der Waals surface area contributed by atoms with Gasteiger partial charge in [-0.05, 0) is 68.1 Å². The summed E-state index contributed by atoms with van der Waals surface area (Å²) in [6.45, 7) is 7.38. The number of ether oxygens (including phenoxy) is 1. The summed E-state index contributed by atoms with van der Waals surface area (Å²) in [5.74, 6) is -0.972. The van der Waals surface area contributed by atoms with E-state index in [1.807, 2.05) is 27.7 Å². The van der Waals surface area contributed by atoms with Crippen molar-refractivity contribution in [3.05, 3.63) is 73.8 Å². The van der Waals surface area contributed by atoms with E-state index in [2.05, 4.69) is 0 Å². The summed E-state index contributed by atoms with van der Waals surface area (Å²) in [6.07, 6.45) is 0. The second-order valence-corrected chi connectivity index (χ2v) is 5.92. The summed E-state index contributed by atoms with van der Waals surface area (Å²) >= 11 is 0. The first kappa shape index (κ1) is 18.3. The molecule has 130 valence electrons. The number of rotatable bonds is 5. The summed E-state index contributed by atoms with van der Waals surface area (Å²) in [4.78, 5) is 34.4. The lowest BCUT2D eigenvalue weighted by Crippen LogP contribution is -2.16. The van der Waals surface area contributed by atoms with Crippen LogP contribution in [0.25, 0.3) is 0 Å². The Labute approximate surface area is 145 Å². The third kappa shape index (κ3) is 3.91. The Morgan fingerprint density at radius 1 is 1.00 bits per heavy atom. The number of esters is 1. The highest BCUT2D eigenvalue weighted by Crippen LogP contribution is 2.22. The largest absolute Gasteiger partial charge is 0.454 e. The van der Waals surface area contributed by atoms with Crippen molar-refractivity contribution in [2.45, 2.75) is 27.7 Å². The number of non-ortho nitro benzene ring substituents is 1. The number of hydrogen-bond donors (Lipinski definition) is 0. The SMILES string of the molecule is Cc1cc(C(=O)COC(=O)c2ccc([N+](=O)[O-])cc2)c(C)c(C)c1C. The smallest absolute Gasteiger partial charge is 0.338 e. The molecule has 25 heavy (non-hydrogen) atoms. The van der Waals surface area contributed by atoms with Gasteiger partial charge in [-0.3, -0.25) is 14.9 Å². The lowest BCUT2D eigenvalue weighted by molar-refractivity contribution is -0.384. The maximum atomic E-state index is 12.4. The van der Waals surface area contributed by atoms with Crippen LogP contribution < -0.4 is 0 Å². The summed E-state index contributed by atoms with van der Waals surface area (Å²) in [7, 11) is 0. The van der Waals surface area contributed by atoms with Crippen LogP contribution in [0.2, 0.25) is 0 Å². The number of nitro groups is 1. The van der Waals surface area contributed by atoms with Gasteiger partial charge in [0.2, 0.25) is 5.78 Å². The molecule has 0 N–H and O–H groups in total. The molecule has 0 unspecified atom stereocenters. The van der Waals surface area contributed by atoms with Crippen LogP contribution in [-0.2, 0) is 4.74 Å². The van der Waals surface area contributed by atoms with Gasteiger partial charge in [0.15, 0.2) is 6.61 Å². The van der Waals surface area contributed by atoms with E-state index >= 15 is 0 Å². The molecule has 2 aromatic carbocycles. The van der Waals surface area contributed by atoms with E-state index in [0.717, 1.165) is 22.3 Å². The topological polar surface area (TPSA) is 86.5 Å². The number of benzene rings is 2. The third-order valence-corrected chi connectivity index (χ3v) is 4.43. The molecule has 0 aliphatic heterocycles. The van der Waals surface area contributed by atoms with Crippen molar-refractivity contribution in [2.24, 2.45) is 0 Å². The van der Waals surface area contributed by atoms with E-state index in [0.29, 0.717) is 5.56 Å². The van der Waals surface area contributed by atoms with Crippen LogP contribution in [0.15, 0.2) is 30.3 Å². The minimum absolute atomic E-state index is 0.117. The van der Waals surface area contributed by atoms with Crippen LogP contribution in [0.5, 0.6) is 0 Å². The van der Waals surface area contributed by atoms with Gasteiger partial charge in [0, 0.05) is 17.7 Å². The van der Waals surface area contributed by atoms with Crippen molar-refractivity contribution in [3.63, 3.8) is 0 Å². The highest BCUT2D eigenvalue weighted by molar-refractivity contribution is 6.01. The number of Topliss-reactive ketones (excluding diaryl/α,β-unsaturated/α-hetero) is 1. The Hall–Kier alpha value is -3.02. The molecule has 0 aliphatic carbocycles.